The first-order valence-electron chi connectivity index (χ1n) is 5.80. The summed E-state index contributed by atoms with van der Waals surface area (Å²) in [4.78, 5) is 1.21. The Balaban J connectivity index is 2.68. The van der Waals surface area contributed by atoms with Gasteiger partial charge in [0.1, 0.15) is 0 Å². The monoisotopic (exact) mass is 276 g/mol. The second-order valence-corrected chi connectivity index (χ2v) is 6.75. The highest BCUT2D eigenvalue weighted by Crippen LogP contribution is 2.19. The molecule has 1 aromatic rings. The summed E-state index contributed by atoms with van der Waals surface area (Å²) in [6, 6.07) is 1.64. The van der Waals surface area contributed by atoms with Crippen molar-refractivity contribution in [1.82, 2.24) is 4.72 Å². The van der Waals surface area contributed by atoms with Crippen molar-refractivity contribution in [2.75, 3.05) is 6.54 Å². The van der Waals surface area contributed by atoms with E-state index >= 15 is 0 Å². The van der Waals surface area contributed by atoms with Crippen molar-refractivity contribution in [2.24, 2.45) is 11.7 Å². The summed E-state index contributed by atoms with van der Waals surface area (Å²) in [6.45, 7) is 5.02. The van der Waals surface area contributed by atoms with E-state index < -0.39 is 10.0 Å². The first-order chi connectivity index (χ1) is 8.03. The number of sulfonamides is 1. The van der Waals surface area contributed by atoms with Crippen LogP contribution in [0.1, 0.15) is 31.6 Å². The lowest BCUT2D eigenvalue weighted by Crippen LogP contribution is -2.28. The molecule has 1 heterocycles. The molecule has 0 fully saturated rings. The van der Waals surface area contributed by atoms with Crippen molar-refractivity contribution in [3.8, 4) is 0 Å². The van der Waals surface area contributed by atoms with Gasteiger partial charge in [-0.05, 0) is 12.0 Å². The number of nitrogens with two attached hydrogens (primary N) is 1. The molecule has 0 radical (unpaired) electrons. The summed E-state index contributed by atoms with van der Waals surface area (Å²) in [5.74, 6) is 0.400. The van der Waals surface area contributed by atoms with Crippen molar-refractivity contribution in [3.05, 3.63) is 16.3 Å². The maximum atomic E-state index is 12.0. The van der Waals surface area contributed by atoms with Gasteiger partial charge in [-0.15, -0.1) is 11.3 Å². The van der Waals surface area contributed by atoms with E-state index in [9.17, 15) is 8.42 Å². The van der Waals surface area contributed by atoms with Crippen molar-refractivity contribution in [2.45, 2.75) is 38.1 Å². The van der Waals surface area contributed by atoms with Gasteiger partial charge in [0.15, 0.2) is 0 Å². The lowest BCUT2D eigenvalue weighted by molar-refractivity contribution is 0.479. The molecule has 0 saturated heterocycles. The quantitative estimate of drug-likeness (QED) is 0.799. The van der Waals surface area contributed by atoms with Crippen LogP contribution >= 0.6 is 11.3 Å². The number of hydrogen-bond donors (Lipinski definition) is 2. The predicted molar refractivity (Wildman–Crippen MR) is 71.5 cm³/mol. The van der Waals surface area contributed by atoms with E-state index in [0.29, 0.717) is 23.9 Å². The van der Waals surface area contributed by atoms with Crippen LogP contribution in [-0.2, 0) is 16.6 Å². The number of hydrogen-bond acceptors (Lipinski definition) is 4. The minimum atomic E-state index is -3.36. The van der Waals surface area contributed by atoms with Gasteiger partial charge in [-0.3, -0.25) is 0 Å². The molecule has 0 spiro atoms. The Kier molecular flexibility index (Phi) is 5.58. The second-order valence-electron chi connectivity index (χ2n) is 3.99. The Labute approximate surface area is 107 Å². The second kappa shape index (κ2) is 6.49. The van der Waals surface area contributed by atoms with E-state index in [2.05, 4.69) is 18.6 Å². The smallest absolute Gasteiger partial charge is 0.241 e. The molecule has 0 amide bonds. The van der Waals surface area contributed by atoms with Gasteiger partial charge in [-0.2, -0.15) is 0 Å². The largest absolute Gasteiger partial charge is 0.326 e. The molecule has 1 aromatic heterocycles. The summed E-state index contributed by atoms with van der Waals surface area (Å²) >= 11 is 1.38. The van der Waals surface area contributed by atoms with Crippen LogP contribution in [0.25, 0.3) is 0 Å². The Bertz CT molecular complexity index is 436. The van der Waals surface area contributed by atoms with Gasteiger partial charge in [0.05, 0.1) is 4.90 Å². The van der Waals surface area contributed by atoms with Gasteiger partial charge >= 0.3 is 0 Å². The van der Waals surface area contributed by atoms with Crippen LogP contribution < -0.4 is 10.5 Å². The maximum Gasteiger partial charge on any atom is 0.241 e. The zero-order valence-electron chi connectivity index (χ0n) is 10.3. The molecule has 3 N–H and O–H groups in total. The van der Waals surface area contributed by atoms with Crippen molar-refractivity contribution >= 4 is 21.4 Å². The van der Waals surface area contributed by atoms with E-state index in [4.69, 9.17) is 5.73 Å². The number of nitrogens with one attached hydrogen (secondary N) is 1. The molecule has 0 atom stereocenters. The van der Waals surface area contributed by atoms with E-state index in [1.807, 2.05) is 0 Å². The van der Waals surface area contributed by atoms with Gasteiger partial charge in [0, 0.05) is 23.3 Å². The van der Waals surface area contributed by atoms with Crippen LogP contribution in [0.5, 0.6) is 0 Å². The fourth-order valence-electron chi connectivity index (χ4n) is 1.50. The lowest BCUT2D eigenvalue weighted by Gasteiger charge is -2.12. The highest BCUT2D eigenvalue weighted by Gasteiger charge is 2.17. The van der Waals surface area contributed by atoms with Crippen molar-refractivity contribution in [1.29, 1.82) is 0 Å². The van der Waals surface area contributed by atoms with E-state index in [1.54, 1.807) is 11.4 Å². The molecule has 0 aliphatic carbocycles. The zero-order chi connectivity index (χ0) is 12.9. The standard InChI is InChI=1S/C11H20N2O2S2/c1-3-9(4-2)7-13-17(14,15)11-5-10(6-12)16-8-11/h5,8-9,13H,3-4,6-7,12H2,1-2H3. The number of rotatable bonds is 7. The third-order valence-corrected chi connectivity index (χ3v) is 5.37. The molecule has 1 rings (SSSR count). The predicted octanol–water partition coefficient (Wildman–Crippen LogP) is 1.92. The van der Waals surface area contributed by atoms with Gasteiger partial charge < -0.3 is 5.73 Å². The van der Waals surface area contributed by atoms with Gasteiger partial charge in [0.2, 0.25) is 10.0 Å². The van der Waals surface area contributed by atoms with Crippen molar-refractivity contribution < 1.29 is 8.42 Å². The highest BCUT2D eigenvalue weighted by molar-refractivity contribution is 7.89. The van der Waals surface area contributed by atoms with Crippen LogP contribution in [0.15, 0.2) is 16.3 Å². The summed E-state index contributed by atoms with van der Waals surface area (Å²) in [6.07, 6.45) is 1.97. The number of thiophene rings is 1. The molecule has 0 bridgehead atoms. The molecule has 98 valence electrons. The van der Waals surface area contributed by atoms with Crippen LogP contribution in [0.3, 0.4) is 0 Å². The van der Waals surface area contributed by atoms with Crippen LogP contribution in [0.2, 0.25) is 0 Å². The summed E-state index contributed by atoms with van der Waals surface area (Å²) in [7, 11) is -3.36. The molecule has 0 aromatic carbocycles. The molecule has 0 unspecified atom stereocenters. The average molecular weight is 276 g/mol. The van der Waals surface area contributed by atoms with Gasteiger partial charge in [-0.25, -0.2) is 13.1 Å². The Morgan fingerprint density at radius 3 is 2.53 bits per heavy atom. The summed E-state index contributed by atoms with van der Waals surface area (Å²) in [5, 5.41) is 1.64. The Morgan fingerprint density at radius 2 is 2.06 bits per heavy atom. The fraction of sp³-hybridized carbons (Fsp3) is 0.636. The fourth-order valence-corrected chi connectivity index (χ4v) is 3.77. The molecule has 0 aliphatic heterocycles. The highest BCUT2D eigenvalue weighted by atomic mass is 32.2. The van der Waals surface area contributed by atoms with E-state index in [-0.39, 0.29) is 0 Å². The summed E-state index contributed by atoms with van der Waals surface area (Å²) < 4.78 is 26.6. The van der Waals surface area contributed by atoms with Crippen LogP contribution in [0, 0.1) is 5.92 Å². The third kappa shape index (κ3) is 4.06. The molecule has 0 aliphatic rings. The van der Waals surface area contributed by atoms with Crippen molar-refractivity contribution in [3.63, 3.8) is 0 Å². The van der Waals surface area contributed by atoms with Gasteiger partial charge in [0.25, 0.3) is 0 Å². The molecule has 6 heteroatoms. The molecule has 17 heavy (non-hydrogen) atoms. The maximum absolute atomic E-state index is 12.0. The van der Waals surface area contributed by atoms with Crippen LogP contribution in [0.4, 0.5) is 0 Å². The SMILES string of the molecule is CCC(CC)CNS(=O)(=O)c1csc(CN)c1. The molecular formula is C11H20N2O2S2. The zero-order valence-corrected chi connectivity index (χ0v) is 11.9. The molecular weight excluding hydrogens is 256 g/mol. The Morgan fingerprint density at radius 1 is 1.41 bits per heavy atom. The van der Waals surface area contributed by atoms with Crippen LogP contribution in [-0.4, -0.2) is 15.0 Å². The normalized spacial score (nSPS) is 12.2. The first kappa shape index (κ1) is 14.6. The molecule has 0 saturated carbocycles. The topological polar surface area (TPSA) is 72.2 Å². The summed E-state index contributed by atoms with van der Waals surface area (Å²) in [5.41, 5.74) is 5.47. The third-order valence-electron chi connectivity index (χ3n) is 2.86. The minimum Gasteiger partial charge on any atom is -0.326 e. The van der Waals surface area contributed by atoms with Gasteiger partial charge in [-0.1, -0.05) is 26.7 Å². The van der Waals surface area contributed by atoms with E-state index in [1.165, 1.54) is 11.3 Å². The first-order valence-corrected chi connectivity index (χ1v) is 8.16. The molecule has 4 nitrogen and oxygen atoms in total. The lowest BCUT2D eigenvalue weighted by atomic mass is 10.0. The Hall–Kier alpha value is -0.430. The minimum absolute atomic E-state index is 0.328. The van der Waals surface area contributed by atoms with E-state index in [0.717, 1.165) is 17.7 Å². The average Bonchev–Trinajstić information content (AvgIpc) is 2.79.